The molecule has 38 heavy (non-hydrogen) atoms. The van der Waals surface area contributed by atoms with Crippen molar-refractivity contribution in [1.82, 2.24) is 4.90 Å². The minimum absolute atomic E-state index is 0.0418. The molecule has 0 atom stereocenters. The molecule has 0 amide bonds. The number of benzene rings is 2. The van der Waals surface area contributed by atoms with Gasteiger partial charge in [-0.25, -0.2) is 0 Å². The van der Waals surface area contributed by atoms with Gasteiger partial charge >= 0.3 is 11.5 Å². The van der Waals surface area contributed by atoms with Crippen molar-refractivity contribution in [3.8, 4) is 0 Å². The number of fused-ring (bicyclic) bond motifs is 3. The van der Waals surface area contributed by atoms with Crippen LogP contribution in [-0.2, 0) is 0 Å². The minimum atomic E-state index is -0.0418. The van der Waals surface area contributed by atoms with Gasteiger partial charge in [-0.15, -0.1) is 0 Å². The monoisotopic (exact) mass is 529 g/mol. The van der Waals surface area contributed by atoms with Gasteiger partial charge in [0.25, 0.3) is 0 Å². The fraction of sp³-hybridized carbons (Fsp3) is 0.406. The first-order valence-electron chi connectivity index (χ1n) is 13.6. The molecule has 0 spiro atoms. The van der Waals surface area contributed by atoms with E-state index in [2.05, 4.69) is 130 Å². The standard InChI is InChI=1S/C32H41N4OS/c1-9-36-27-20-28-25(19-24(27)22(2)21-32(36,3)4)23(17-30(37-28)34(7)16-12-15-33(5)6)18-31-35(8)26-13-10-11-14-29(26)38-31/h10-11,13-14,17-21H,9,12,15-16H2,1-8H3/q+1/b31-18-. The summed E-state index contributed by atoms with van der Waals surface area (Å²) < 4.78 is 6.65. The maximum atomic E-state index is 6.65. The first-order chi connectivity index (χ1) is 18.1. The van der Waals surface area contributed by atoms with E-state index in [4.69, 9.17) is 4.42 Å². The topological polar surface area (TPSA) is 24.3 Å². The molecule has 3 heterocycles. The molecule has 2 aliphatic rings. The molecule has 2 aromatic carbocycles. The van der Waals surface area contributed by atoms with E-state index in [0.29, 0.717) is 0 Å². The molecule has 3 aromatic rings. The number of hydrogen-bond donors (Lipinski definition) is 0. The highest BCUT2D eigenvalue weighted by Gasteiger charge is 2.33. The Labute approximate surface area is 232 Å². The molecule has 2 aliphatic heterocycles. The Hall–Kier alpha value is -2.96. The third-order valence-electron chi connectivity index (χ3n) is 7.73. The predicted octanol–water partition coefficient (Wildman–Crippen LogP) is 7.66. The quantitative estimate of drug-likeness (QED) is 0.291. The zero-order valence-corrected chi connectivity index (χ0v) is 24.9. The van der Waals surface area contributed by atoms with Crippen LogP contribution < -0.4 is 14.7 Å². The molecule has 200 valence electrons. The zero-order valence-electron chi connectivity index (χ0n) is 24.1. The normalized spacial score (nSPS) is 17.3. The van der Waals surface area contributed by atoms with Crippen LogP contribution in [0.25, 0.3) is 22.6 Å². The van der Waals surface area contributed by atoms with E-state index in [-0.39, 0.29) is 5.54 Å². The van der Waals surface area contributed by atoms with Crippen LogP contribution >= 0.6 is 11.8 Å². The first kappa shape index (κ1) is 26.6. The molecular weight excluding hydrogens is 488 g/mol. The van der Waals surface area contributed by atoms with Crippen LogP contribution in [-0.4, -0.2) is 58.3 Å². The van der Waals surface area contributed by atoms with Crippen molar-refractivity contribution in [2.75, 3.05) is 62.5 Å². The fourth-order valence-electron chi connectivity index (χ4n) is 5.77. The number of para-hydroxylation sites is 1. The molecule has 0 saturated carbocycles. The van der Waals surface area contributed by atoms with Crippen molar-refractivity contribution in [2.45, 2.75) is 44.6 Å². The second-order valence-electron chi connectivity index (χ2n) is 11.3. The van der Waals surface area contributed by atoms with Crippen molar-refractivity contribution in [3.05, 3.63) is 64.7 Å². The van der Waals surface area contributed by atoms with E-state index in [1.165, 1.54) is 38.0 Å². The van der Waals surface area contributed by atoms with Crippen LogP contribution in [0.5, 0.6) is 0 Å². The van der Waals surface area contributed by atoms with Gasteiger partial charge in [0.1, 0.15) is 0 Å². The summed E-state index contributed by atoms with van der Waals surface area (Å²) in [5.41, 5.74) is 7.19. The summed E-state index contributed by atoms with van der Waals surface area (Å²) in [6.07, 6.45) is 5.80. The van der Waals surface area contributed by atoms with Gasteiger partial charge in [0, 0.05) is 43.2 Å². The van der Waals surface area contributed by atoms with E-state index in [1.807, 2.05) is 11.8 Å². The van der Waals surface area contributed by atoms with Gasteiger partial charge in [-0.2, -0.15) is 4.42 Å². The van der Waals surface area contributed by atoms with E-state index < -0.39 is 0 Å². The van der Waals surface area contributed by atoms with E-state index >= 15 is 0 Å². The molecule has 5 nitrogen and oxygen atoms in total. The molecule has 0 radical (unpaired) electrons. The summed E-state index contributed by atoms with van der Waals surface area (Å²) in [4.78, 5) is 10.5. The van der Waals surface area contributed by atoms with Gasteiger partial charge in [0.05, 0.1) is 39.5 Å². The maximum Gasteiger partial charge on any atom is 0.430 e. The van der Waals surface area contributed by atoms with Gasteiger partial charge in [-0.3, -0.25) is 4.90 Å². The Kier molecular flexibility index (Phi) is 7.23. The lowest BCUT2D eigenvalue weighted by atomic mass is 9.87. The van der Waals surface area contributed by atoms with Gasteiger partial charge < -0.3 is 14.7 Å². The number of nitrogens with zero attached hydrogens (tertiary/aromatic N) is 4. The lowest BCUT2D eigenvalue weighted by Crippen LogP contribution is -2.44. The Bertz CT molecular complexity index is 1420. The Morgan fingerprint density at radius 3 is 2.50 bits per heavy atom. The molecule has 0 fully saturated rings. The van der Waals surface area contributed by atoms with Crippen LogP contribution in [0.2, 0.25) is 0 Å². The average molecular weight is 530 g/mol. The summed E-state index contributed by atoms with van der Waals surface area (Å²) >= 11 is 1.83. The van der Waals surface area contributed by atoms with Crippen LogP contribution in [0.4, 0.5) is 17.3 Å². The highest BCUT2D eigenvalue weighted by atomic mass is 32.2. The second-order valence-corrected chi connectivity index (χ2v) is 12.4. The number of rotatable bonds is 7. The second kappa shape index (κ2) is 10.3. The third-order valence-corrected chi connectivity index (χ3v) is 8.89. The number of hydrogen-bond acceptors (Lipinski definition) is 5. The first-order valence-corrected chi connectivity index (χ1v) is 14.4. The third kappa shape index (κ3) is 4.92. The Balaban J connectivity index is 1.65. The number of thioether (sulfide) groups is 1. The largest absolute Gasteiger partial charge is 0.430 e. The lowest BCUT2D eigenvalue weighted by Gasteiger charge is -2.42. The molecule has 0 unspecified atom stereocenters. The highest BCUT2D eigenvalue weighted by Crippen LogP contribution is 2.47. The summed E-state index contributed by atoms with van der Waals surface area (Å²) in [7, 11) is 8.54. The smallest absolute Gasteiger partial charge is 0.362 e. The fourth-order valence-corrected chi connectivity index (χ4v) is 6.87. The number of anilines is 3. The maximum absolute atomic E-state index is 6.65. The number of likely N-dealkylation sites (N-methyl/N-ethyl adjacent to an activating group) is 1. The summed E-state index contributed by atoms with van der Waals surface area (Å²) in [5.74, 6) is 0.900. The summed E-state index contributed by atoms with van der Waals surface area (Å²) in [6.45, 7) is 12.0. The zero-order chi connectivity index (χ0) is 27.2. The minimum Gasteiger partial charge on any atom is -0.362 e. The van der Waals surface area contributed by atoms with Crippen molar-refractivity contribution in [2.24, 2.45) is 0 Å². The SMILES string of the molecule is CCN1c2cc3[o+]c(N(C)CCCN(C)C)cc(/C=C4\Sc5ccccc5N4C)c3cc2C(C)=CC1(C)C. The summed E-state index contributed by atoms with van der Waals surface area (Å²) in [6, 6.07) is 15.4. The van der Waals surface area contributed by atoms with E-state index in [9.17, 15) is 0 Å². The molecule has 0 bridgehead atoms. The van der Waals surface area contributed by atoms with Crippen LogP contribution in [0.15, 0.2) is 62.9 Å². The molecular formula is C32H41N4OS+. The van der Waals surface area contributed by atoms with Crippen molar-refractivity contribution in [3.63, 3.8) is 0 Å². The summed E-state index contributed by atoms with van der Waals surface area (Å²) in [5, 5.41) is 2.37. The van der Waals surface area contributed by atoms with Crippen LogP contribution in [0.3, 0.4) is 0 Å². The van der Waals surface area contributed by atoms with Crippen LogP contribution in [0, 0.1) is 0 Å². The lowest BCUT2D eigenvalue weighted by molar-refractivity contribution is 0.400. The van der Waals surface area contributed by atoms with Crippen LogP contribution in [0.1, 0.15) is 45.2 Å². The molecule has 0 aliphatic carbocycles. The average Bonchev–Trinajstić information content (AvgIpc) is 3.17. The number of allylic oxidation sites excluding steroid dienone is 1. The molecule has 0 saturated heterocycles. The molecule has 6 heteroatoms. The van der Waals surface area contributed by atoms with E-state index in [0.717, 1.165) is 42.9 Å². The Morgan fingerprint density at radius 1 is 1.03 bits per heavy atom. The van der Waals surface area contributed by atoms with Crippen molar-refractivity contribution in [1.29, 1.82) is 0 Å². The van der Waals surface area contributed by atoms with Gasteiger partial charge in [-0.05, 0) is 84.6 Å². The molecule has 1 aromatic heterocycles. The highest BCUT2D eigenvalue weighted by molar-refractivity contribution is 8.03. The van der Waals surface area contributed by atoms with Gasteiger partial charge in [0.15, 0.2) is 0 Å². The molecule has 5 rings (SSSR count). The molecule has 0 N–H and O–H groups in total. The van der Waals surface area contributed by atoms with Gasteiger partial charge in [-0.1, -0.05) is 30.0 Å². The Morgan fingerprint density at radius 2 is 1.79 bits per heavy atom. The van der Waals surface area contributed by atoms with Gasteiger partial charge in [0.2, 0.25) is 0 Å². The van der Waals surface area contributed by atoms with E-state index in [1.54, 1.807) is 0 Å². The predicted molar refractivity (Wildman–Crippen MR) is 166 cm³/mol. The van der Waals surface area contributed by atoms with Crippen molar-refractivity contribution < 1.29 is 4.42 Å². The van der Waals surface area contributed by atoms with Crippen molar-refractivity contribution >= 4 is 51.6 Å².